The predicted octanol–water partition coefficient (Wildman–Crippen LogP) is 5.44. The average molecular weight is 515 g/mol. The standard InChI is InChI=1S/C26H27ClN2O5S/c1-3-4-16-34-26(31)20-10-12-22(13-11-20)28-25(30)18-29(23-7-5-6-21(27)17-23)35(32,33)24-14-8-19(2)9-15-24/h5-15,17H,3-4,16,18H2,1-2H3,(H,28,30). The normalized spacial score (nSPS) is 11.1. The number of aryl methyl sites for hydroxylation is 1. The Balaban J connectivity index is 1.78. The fourth-order valence-electron chi connectivity index (χ4n) is 3.20. The average Bonchev–Trinajstić information content (AvgIpc) is 2.83. The molecule has 0 aromatic heterocycles. The molecule has 0 heterocycles. The second-order valence-corrected chi connectivity index (χ2v) is 10.2. The van der Waals surface area contributed by atoms with E-state index in [0.717, 1.165) is 22.7 Å². The zero-order chi connectivity index (χ0) is 25.4. The summed E-state index contributed by atoms with van der Waals surface area (Å²) in [5.74, 6) is -0.994. The number of hydrogen-bond acceptors (Lipinski definition) is 5. The molecule has 1 amide bonds. The summed E-state index contributed by atoms with van der Waals surface area (Å²) >= 11 is 6.09. The first-order chi connectivity index (χ1) is 16.7. The summed E-state index contributed by atoms with van der Waals surface area (Å²) in [5, 5.41) is 3.02. The zero-order valence-corrected chi connectivity index (χ0v) is 21.1. The van der Waals surface area contributed by atoms with Gasteiger partial charge in [0.1, 0.15) is 6.54 Å². The molecule has 0 atom stereocenters. The Kier molecular flexibility index (Phi) is 8.89. The highest BCUT2D eigenvalue weighted by atomic mass is 35.5. The van der Waals surface area contributed by atoms with E-state index in [1.165, 1.54) is 18.2 Å². The van der Waals surface area contributed by atoms with Crippen LogP contribution in [0.3, 0.4) is 0 Å². The highest BCUT2D eigenvalue weighted by molar-refractivity contribution is 7.92. The van der Waals surface area contributed by atoms with Gasteiger partial charge in [0.25, 0.3) is 10.0 Å². The molecule has 0 bridgehead atoms. The number of nitrogens with one attached hydrogen (secondary N) is 1. The van der Waals surface area contributed by atoms with Gasteiger partial charge in [-0.3, -0.25) is 9.10 Å². The lowest BCUT2D eigenvalue weighted by Gasteiger charge is -2.24. The molecule has 0 radical (unpaired) electrons. The van der Waals surface area contributed by atoms with Crippen molar-refractivity contribution in [3.05, 3.63) is 88.9 Å². The SMILES string of the molecule is CCCCOC(=O)c1ccc(NC(=O)CN(c2cccc(Cl)c2)S(=O)(=O)c2ccc(C)cc2)cc1. The molecule has 0 fully saturated rings. The van der Waals surface area contributed by atoms with Crippen LogP contribution in [0.1, 0.15) is 35.7 Å². The lowest BCUT2D eigenvalue weighted by atomic mass is 10.2. The van der Waals surface area contributed by atoms with Gasteiger partial charge in [-0.25, -0.2) is 13.2 Å². The van der Waals surface area contributed by atoms with E-state index in [-0.39, 0.29) is 10.6 Å². The van der Waals surface area contributed by atoms with Crippen LogP contribution in [0.4, 0.5) is 11.4 Å². The van der Waals surface area contributed by atoms with Crippen molar-refractivity contribution in [2.75, 3.05) is 22.8 Å². The van der Waals surface area contributed by atoms with Crippen LogP contribution in [0, 0.1) is 6.92 Å². The molecule has 0 aliphatic rings. The van der Waals surface area contributed by atoms with Gasteiger partial charge in [0, 0.05) is 10.7 Å². The second-order valence-electron chi connectivity index (χ2n) is 7.92. The molecule has 3 aromatic rings. The maximum absolute atomic E-state index is 13.4. The van der Waals surface area contributed by atoms with Gasteiger partial charge in [-0.05, 0) is 67.9 Å². The Bertz CT molecular complexity index is 1280. The van der Waals surface area contributed by atoms with Gasteiger partial charge in [-0.2, -0.15) is 0 Å². The van der Waals surface area contributed by atoms with Crippen LogP contribution in [0.25, 0.3) is 0 Å². The van der Waals surface area contributed by atoms with Crippen molar-refractivity contribution in [1.82, 2.24) is 0 Å². The molecule has 0 saturated heterocycles. The Labute approximate surface area is 210 Å². The Morgan fingerprint density at radius 3 is 2.31 bits per heavy atom. The number of ether oxygens (including phenoxy) is 1. The molecule has 9 heteroatoms. The predicted molar refractivity (Wildman–Crippen MR) is 137 cm³/mol. The molecule has 7 nitrogen and oxygen atoms in total. The lowest BCUT2D eigenvalue weighted by Crippen LogP contribution is -2.38. The maximum Gasteiger partial charge on any atom is 0.338 e. The second kappa shape index (κ2) is 11.9. The molecular weight excluding hydrogens is 488 g/mol. The van der Waals surface area contributed by atoms with Crippen LogP contribution >= 0.6 is 11.6 Å². The monoisotopic (exact) mass is 514 g/mol. The number of rotatable bonds is 10. The van der Waals surface area contributed by atoms with Gasteiger partial charge in [0.2, 0.25) is 5.91 Å². The van der Waals surface area contributed by atoms with E-state index < -0.39 is 28.4 Å². The third-order valence-electron chi connectivity index (χ3n) is 5.13. The molecule has 0 unspecified atom stereocenters. The van der Waals surface area contributed by atoms with Gasteiger partial charge in [0.15, 0.2) is 0 Å². The van der Waals surface area contributed by atoms with Crippen LogP contribution in [0.5, 0.6) is 0 Å². The first-order valence-electron chi connectivity index (χ1n) is 11.1. The minimum Gasteiger partial charge on any atom is -0.462 e. The summed E-state index contributed by atoms with van der Waals surface area (Å²) in [6.45, 7) is 3.74. The Hall–Kier alpha value is -3.36. The van der Waals surface area contributed by atoms with Gasteiger partial charge in [-0.15, -0.1) is 0 Å². The van der Waals surface area contributed by atoms with Gasteiger partial charge in [-0.1, -0.05) is 48.7 Å². The van der Waals surface area contributed by atoms with Crippen molar-refractivity contribution in [1.29, 1.82) is 0 Å². The molecule has 1 N–H and O–H groups in total. The first kappa shape index (κ1) is 26.2. The molecule has 35 heavy (non-hydrogen) atoms. The minimum atomic E-state index is -4.05. The number of halogens is 1. The van der Waals surface area contributed by atoms with Gasteiger partial charge < -0.3 is 10.1 Å². The molecule has 0 aliphatic carbocycles. The largest absolute Gasteiger partial charge is 0.462 e. The number of amides is 1. The quantitative estimate of drug-likeness (QED) is 0.287. The van der Waals surface area contributed by atoms with E-state index in [9.17, 15) is 18.0 Å². The molecule has 3 aromatic carbocycles. The highest BCUT2D eigenvalue weighted by Gasteiger charge is 2.27. The minimum absolute atomic E-state index is 0.0572. The van der Waals surface area contributed by atoms with E-state index in [0.29, 0.717) is 22.9 Å². The highest BCUT2D eigenvalue weighted by Crippen LogP contribution is 2.26. The number of benzene rings is 3. The molecule has 0 aliphatic heterocycles. The van der Waals surface area contributed by atoms with Crippen molar-refractivity contribution in [2.45, 2.75) is 31.6 Å². The van der Waals surface area contributed by atoms with E-state index in [1.807, 2.05) is 13.8 Å². The summed E-state index contributed by atoms with van der Waals surface area (Å²) in [7, 11) is -4.05. The maximum atomic E-state index is 13.4. The fraction of sp³-hybridized carbons (Fsp3) is 0.231. The molecule has 184 valence electrons. The summed E-state index contributed by atoms with van der Waals surface area (Å²) in [4.78, 5) is 25.0. The lowest BCUT2D eigenvalue weighted by molar-refractivity contribution is -0.114. The summed E-state index contributed by atoms with van der Waals surface area (Å²) < 4.78 is 33.0. The zero-order valence-electron chi connectivity index (χ0n) is 19.5. The molecule has 0 spiro atoms. The van der Waals surface area contributed by atoms with Crippen LogP contribution in [-0.4, -0.2) is 33.4 Å². The smallest absolute Gasteiger partial charge is 0.338 e. The van der Waals surface area contributed by atoms with Crippen LogP contribution in [0.15, 0.2) is 77.7 Å². The van der Waals surface area contributed by atoms with E-state index in [4.69, 9.17) is 16.3 Å². The van der Waals surface area contributed by atoms with Crippen molar-refractivity contribution < 1.29 is 22.7 Å². The number of anilines is 2. The number of sulfonamides is 1. The summed E-state index contributed by atoms with van der Waals surface area (Å²) in [5.41, 5.74) is 1.95. The van der Waals surface area contributed by atoms with Crippen molar-refractivity contribution in [3.8, 4) is 0 Å². The Morgan fingerprint density at radius 2 is 1.69 bits per heavy atom. The van der Waals surface area contributed by atoms with Crippen LogP contribution in [-0.2, 0) is 19.6 Å². The topological polar surface area (TPSA) is 92.8 Å². The van der Waals surface area contributed by atoms with Gasteiger partial charge in [0.05, 0.1) is 22.8 Å². The van der Waals surface area contributed by atoms with Crippen molar-refractivity contribution in [2.24, 2.45) is 0 Å². The van der Waals surface area contributed by atoms with Crippen LogP contribution < -0.4 is 9.62 Å². The third-order valence-corrected chi connectivity index (χ3v) is 7.15. The summed E-state index contributed by atoms with van der Waals surface area (Å²) in [6.07, 6.45) is 1.71. The molecule has 3 rings (SSSR count). The van der Waals surface area contributed by atoms with E-state index in [2.05, 4.69) is 5.32 Å². The number of esters is 1. The number of carbonyl (C=O) groups excluding carboxylic acids is 2. The first-order valence-corrected chi connectivity index (χ1v) is 12.9. The van der Waals surface area contributed by atoms with Crippen molar-refractivity contribution in [3.63, 3.8) is 0 Å². The number of nitrogens with zero attached hydrogens (tertiary/aromatic N) is 1. The third kappa shape index (κ3) is 7.07. The molecule has 0 saturated carbocycles. The molecular formula is C26H27ClN2O5S. The number of hydrogen-bond donors (Lipinski definition) is 1. The van der Waals surface area contributed by atoms with Crippen molar-refractivity contribution >= 4 is 44.9 Å². The van der Waals surface area contributed by atoms with Crippen LogP contribution in [0.2, 0.25) is 5.02 Å². The van der Waals surface area contributed by atoms with E-state index in [1.54, 1.807) is 54.6 Å². The number of unbranched alkanes of at least 4 members (excludes halogenated alkanes) is 1. The fourth-order valence-corrected chi connectivity index (χ4v) is 4.79. The van der Waals surface area contributed by atoms with E-state index >= 15 is 0 Å². The Morgan fingerprint density at radius 1 is 1.00 bits per heavy atom. The van der Waals surface area contributed by atoms with Gasteiger partial charge >= 0.3 is 5.97 Å². The summed E-state index contributed by atoms with van der Waals surface area (Å²) in [6, 6.07) is 18.9. The number of carbonyl (C=O) groups is 2.